The summed E-state index contributed by atoms with van der Waals surface area (Å²) in [6.45, 7) is 7.65. The molecule has 0 bridgehead atoms. The lowest BCUT2D eigenvalue weighted by molar-refractivity contribution is -0.123. The number of carbonyl (C=O) groups excluding carboxylic acids is 2. The van der Waals surface area contributed by atoms with Crippen molar-refractivity contribution in [3.05, 3.63) is 45.2 Å². The molecule has 1 saturated heterocycles. The van der Waals surface area contributed by atoms with Crippen molar-refractivity contribution in [2.45, 2.75) is 46.0 Å². The number of amides is 2. The largest absolute Gasteiger partial charge is 0.342 e. The van der Waals surface area contributed by atoms with Gasteiger partial charge in [0.25, 0.3) is 5.56 Å². The number of benzene rings is 1. The van der Waals surface area contributed by atoms with Crippen LogP contribution >= 0.6 is 0 Å². The van der Waals surface area contributed by atoms with Gasteiger partial charge in [0.15, 0.2) is 0 Å². The Bertz CT molecular complexity index is 1060. The topological polar surface area (TPSA) is 107 Å². The third-order valence-corrected chi connectivity index (χ3v) is 5.85. The van der Waals surface area contributed by atoms with Crippen LogP contribution in [0.2, 0.25) is 0 Å². The van der Waals surface area contributed by atoms with Crippen LogP contribution in [0.1, 0.15) is 48.8 Å². The van der Waals surface area contributed by atoms with Crippen molar-refractivity contribution >= 4 is 29.3 Å². The van der Waals surface area contributed by atoms with Crippen molar-refractivity contribution in [1.82, 2.24) is 9.97 Å². The van der Waals surface area contributed by atoms with E-state index in [4.69, 9.17) is 0 Å². The molecule has 0 radical (unpaired) electrons. The minimum absolute atomic E-state index is 0.0887. The number of hydrogen-bond acceptors (Lipinski definition) is 5. The molecule has 8 nitrogen and oxygen atoms in total. The molecular weight excluding hydrogens is 382 g/mol. The average molecular weight is 409 g/mol. The number of piperidine rings is 1. The third kappa shape index (κ3) is 3.94. The molecule has 0 spiro atoms. The fourth-order valence-electron chi connectivity index (χ4n) is 4.29. The van der Waals surface area contributed by atoms with Crippen molar-refractivity contribution in [1.29, 1.82) is 0 Å². The number of fused-ring (bicyclic) bond motifs is 1. The van der Waals surface area contributed by atoms with Gasteiger partial charge in [-0.3, -0.25) is 19.4 Å². The van der Waals surface area contributed by atoms with E-state index in [1.54, 1.807) is 0 Å². The van der Waals surface area contributed by atoms with Gasteiger partial charge in [0.1, 0.15) is 5.82 Å². The summed E-state index contributed by atoms with van der Waals surface area (Å²) in [4.78, 5) is 47.6. The lowest BCUT2D eigenvalue weighted by Crippen LogP contribution is -2.40. The first kappa shape index (κ1) is 20.1. The quantitative estimate of drug-likeness (QED) is 0.723. The number of rotatable bonds is 3. The normalized spacial score (nSPS) is 21.0. The van der Waals surface area contributed by atoms with Crippen LogP contribution in [0.15, 0.2) is 23.0 Å². The summed E-state index contributed by atoms with van der Waals surface area (Å²) < 4.78 is 0. The van der Waals surface area contributed by atoms with Crippen molar-refractivity contribution in [3.63, 3.8) is 0 Å². The van der Waals surface area contributed by atoms with E-state index in [2.05, 4.69) is 27.5 Å². The van der Waals surface area contributed by atoms with Crippen LogP contribution in [-0.2, 0) is 9.59 Å². The van der Waals surface area contributed by atoms with E-state index in [1.807, 2.05) is 36.9 Å². The van der Waals surface area contributed by atoms with Crippen molar-refractivity contribution in [2.24, 2.45) is 5.92 Å². The van der Waals surface area contributed by atoms with Gasteiger partial charge in [-0.1, -0.05) is 24.6 Å². The maximum Gasteiger partial charge on any atom is 0.258 e. The molecule has 8 heteroatoms. The van der Waals surface area contributed by atoms with Crippen LogP contribution in [-0.4, -0.2) is 34.9 Å². The molecule has 2 atom stereocenters. The average Bonchev–Trinajstić information content (AvgIpc) is 2.69. The maximum atomic E-state index is 13.0. The molecule has 4 rings (SSSR count). The summed E-state index contributed by atoms with van der Waals surface area (Å²) in [5.74, 6) is -0.458. The number of carbonyl (C=O) groups is 2. The minimum atomic E-state index is -0.889. The molecule has 0 aliphatic carbocycles. The summed E-state index contributed by atoms with van der Waals surface area (Å²) in [6, 6.07) is 5.71. The molecule has 3 N–H and O–H groups in total. The summed E-state index contributed by atoms with van der Waals surface area (Å²) in [5, 5.41) is 5.55. The van der Waals surface area contributed by atoms with Crippen LogP contribution < -0.4 is 21.1 Å². The minimum Gasteiger partial charge on any atom is -0.342 e. The van der Waals surface area contributed by atoms with Crippen LogP contribution in [0.4, 0.5) is 17.5 Å². The second kappa shape index (κ2) is 7.93. The highest BCUT2D eigenvalue weighted by Crippen LogP contribution is 2.31. The molecule has 1 fully saturated rings. The number of anilines is 3. The van der Waals surface area contributed by atoms with E-state index in [0.717, 1.165) is 37.1 Å². The Kier molecular flexibility index (Phi) is 5.32. The number of nitrogens with one attached hydrogen (secondary N) is 3. The Morgan fingerprint density at radius 1 is 1.27 bits per heavy atom. The molecule has 0 unspecified atom stereocenters. The lowest BCUT2D eigenvalue weighted by Gasteiger charge is -2.32. The van der Waals surface area contributed by atoms with E-state index in [9.17, 15) is 14.4 Å². The lowest BCUT2D eigenvalue weighted by atomic mass is 9.92. The summed E-state index contributed by atoms with van der Waals surface area (Å²) >= 11 is 0. The van der Waals surface area contributed by atoms with Gasteiger partial charge in [-0.25, -0.2) is 0 Å². The molecule has 30 heavy (non-hydrogen) atoms. The molecule has 0 saturated carbocycles. The number of aryl methyl sites for hydroxylation is 2. The van der Waals surface area contributed by atoms with Gasteiger partial charge in [-0.05, 0) is 44.2 Å². The zero-order valence-electron chi connectivity index (χ0n) is 17.5. The third-order valence-electron chi connectivity index (χ3n) is 5.85. The van der Waals surface area contributed by atoms with Crippen LogP contribution in [0.25, 0.3) is 0 Å². The molecule has 1 aromatic heterocycles. The fraction of sp³-hybridized carbons (Fsp3) is 0.455. The highest BCUT2D eigenvalue weighted by molar-refractivity contribution is 6.04. The number of aromatic amines is 1. The van der Waals surface area contributed by atoms with Gasteiger partial charge in [0.2, 0.25) is 17.8 Å². The van der Waals surface area contributed by atoms with E-state index in [0.29, 0.717) is 17.6 Å². The first-order valence-corrected chi connectivity index (χ1v) is 10.4. The Labute approximate surface area is 175 Å². The SMILES string of the molecule is Cc1ccc(NC(=O)[C@@H]2CC(=O)Nc3nc(N4CCC[C@@H](C)C4)[nH]c(=O)c32)c(C)c1. The smallest absolute Gasteiger partial charge is 0.258 e. The van der Waals surface area contributed by atoms with Gasteiger partial charge in [-0.15, -0.1) is 0 Å². The molecule has 2 aromatic rings. The maximum absolute atomic E-state index is 13.0. The number of nitrogens with zero attached hydrogens (tertiary/aromatic N) is 2. The zero-order valence-corrected chi connectivity index (χ0v) is 17.5. The Hall–Kier alpha value is -3.16. The molecule has 2 aliphatic heterocycles. The Morgan fingerprint density at radius 3 is 2.80 bits per heavy atom. The molecule has 2 amide bonds. The summed E-state index contributed by atoms with van der Waals surface area (Å²) in [5.41, 5.74) is 2.51. The van der Waals surface area contributed by atoms with Crippen LogP contribution in [0, 0.1) is 19.8 Å². The van der Waals surface area contributed by atoms with Crippen LogP contribution in [0.5, 0.6) is 0 Å². The first-order valence-electron chi connectivity index (χ1n) is 10.4. The van der Waals surface area contributed by atoms with E-state index >= 15 is 0 Å². The predicted molar refractivity (Wildman–Crippen MR) is 116 cm³/mol. The van der Waals surface area contributed by atoms with Gasteiger partial charge in [0.05, 0.1) is 11.5 Å². The highest BCUT2D eigenvalue weighted by Gasteiger charge is 2.35. The van der Waals surface area contributed by atoms with E-state index < -0.39 is 5.92 Å². The van der Waals surface area contributed by atoms with Gasteiger partial charge < -0.3 is 15.5 Å². The van der Waals surface area contributed by atoms with Gasteiger partial charge in [-0.2, -0.15) is 4.98 Å². The Balaban J connectivity index is 1.65. The number of hydrogen-bond donors (Lipinski definition) is 3. The van der Waals surface area contributed by atoms with Crippen molar-refractivity contribution < 1.29 is 9.59 Å². The second-order valence-corrected chi connectivity index (χ2v) is 8.46. The molecule has 158 valence electrons. The molecule has 2 aliphatic rings. The predicted octanol–water partition coefficient (Wildman–Crippen LogP) is 2.69. The standard InChI is InChI=1S/C22H27N5O3/c1-12-6-7-16(14(3)9-12)23-20(29)15-10-17(28)24-19-18(15)21(30)26-22(25-19)27-8-4-5-13(2)11-27/h6-7,9,13,15H,4-5,8,10-11H2,1-3H3,(H,23,29)(H2,24,25,26,28,30)/t13-,15-/m1/s1. The Morgan fingerprint density at radius 2 is 2.07 bits per heavy atom. The fourth-order valence-corrected chi connectivity index (χ4v) is 4.29. The summed E-state index contributed by atoms with van der Waals surface area (Å²) in [6.07, 6.45) is 2.08. The zero-order chi connectivity index (χ0) is 21.4. The molecule has 3 heterocycles. The van der Waals surface area contributed by atoms with Crippen LogP contribution in [0.3, 0.4) is 0 Å². The summed E-state index contributed by atoms with van der Waals surface area (Å²) in [7, 11) is 0. The van der Waals surface area contributed by atoms with Crippen molar-refractivity contribution in [3.8, 4) is 0 Å². The van der Waals surface area contributed by atoms with Gasteiger partial charge >= 0.3 is 0 Å². The first-order chi connectivity index (χ1) is 14.3. The van der Waals surface area contributed by atoms with Crippen molar-refractivity contribution in [2.75, 3.05) is 28.6 Å². The van der Waals surface area contributed by atoms with Gasteiger partial charge in [0, 0.05) is 25.2 Å². The molecular formula is C22H27N5O3. The monoisotopic (exact) mass is 409 g/mol. The number of H-pyrrole nitrogens is 1. The number of aromatic nitrogens is 2. The van der Waals surface area contributed by atoms with E-state index in [-0.39, 0.29) is 35.2 Å². The molecule has 1 aromatic carbocycles. The van der Waals surface area contributed by atoms with E-state index in [1.165, 1.54) is 0 Å². The highest BCUT2D eigenvalue weighted by atomic mass is 16.2. The second-order valence-electron chi connectivity index (χ2n) is 8.46.